The number of aliphatic hydroxyl groups is 1. The summed E-state index contributed by atoms with van der Waals surface area (Å²) in [4.78, 5) is 0. The fourth-order valence-corrected chi connectivity index (χ4v) is 0.581. The van der Waals surface area contributed by atoms with Crippen molar-refractivity contribution < 1.29 is 5.11 Å². The molecule has 0 rings (SSSR count). The molecule has 0 spiro atoms. The van der Waals surface area contributed by atoms with Gasteiger partial charge in [-0.1, -0.05) is 18.7 Å². The second kappa shape index (κ2) is 3.02. The molecule has 0 bridgehead atoms. The molecular weight excluding hydrogens is 124 g/mol. The minimum Gasteiger partial charge on any atom is -0.386 e. The molecule has 0 saturated heterocycles. The van der Waals surface area contributed by atoms with E-state index in [1.165, 1.54) is 0 Å². The molecule has 58 valence electrons. The first kappa shape index (κ1) is 9.44. The van der Waals surface area contributed by atoms with Crippen molar-refractivity contribution >= 4 is 0 Å². The van der Waals surface area contributed by atoms with Crippen LogP contribution in [-0.2, 0) is 0 Å². The SMILES string of the molecule is C=C(C)CC(=C)C(C)(C)O. The van der Waals surface area contributed by atoms with Gasteiger partial charge in [0.15, 0.2) is 0 Å². The maximum Gasteiger partial charge on any atom is 0.0801 e. The fraction of sp³-hybridized carbons (Fsp3) is 0.556. The minimum absolute atomic E-state index is 0.712. The lowest BCUT2D eigenvalue weighted by atomic mass is 9.94. The Labute approximate surface area is 63.1 Å². The Balaban J connectivity index is 3.99. The van der Waals surface area contributed by atoms with E-state index in [0.717, 1.165) is 11.1 Å². The van der Waals surface area contributed by atoms with Crippen LogP contribution in [0.5, 0.6) is 0 Å². The van der Waals surface area contributed by atoms with Crippen molar-refractivity contribution in [3.05, 3.63) is 24.3 Å². The Morgan fingerprint density at radius 1 is 1.40 bits per heavy atom. The smallest absolute Gasteiger partial charge is 0.0801 e. The van der Waals surface area contributed by atoms with Gasteiger partial charge < -0.3 is 5.11 Å². The summed E-state index contributed by atoms with van der Waals surface area (Å²) in [5.41, 5.74) is 1.09. The molecule has 0 aromatic rings. The molecule has 0 amide bonds. The zero-order chi connectivity index (χ0) is 8.36. The zero-order valence-corrected chi connectivity index (χ0v) is 7.07. The first-order valence-electron chi connectivity index (χ1n) is 3.39. The molecule has 0 aliphatic rings. The minimum atomic E-state index is -0.765. The van der Waals surface area contributed by atoms with Gasteiger partial charge >= 0.3 is 0 Å². The van der Waals surface area contributed by atoms with E-state index >= 15 is 0 Å². The van der Waals surface area contributed by atoms with Crippen LogP contribution >= 0.6 is 0 Å². The normalized spacial score (nSPS) is 11.2. The summed E-state index contributed by atoms with van der Waals surface area (Å²) in [5.74, 6) is 0. The molecule has 0 fully saturated rings. The molecule has 0 aromatic carbocycles. The van der Waals surface area contributed by atoms with Gasteiger partial charge in [-0.3, -0.25) is 0 Å². The number of hydrogen-bond donors (Lipinski definition) is 1. The lowest BCUT2D eigenvalue weighted by Crippen LogP contribution is -2.21. The quantitative estimate of drug-likeness (QED) is 0.596. The Morgan fingerprint density at radius 3 is 1.90 bits per heavy atom. The Morgan fingerprint density at radius 2 is 1.80 bits per heavy atom. The van der Waals surface area contributed by atoms with Crippen molar-refractivity contribution in [1.29, 1.82) is 0 Å². The summed E-state index contributed by atoms with van der Waals surface area (Å²) in [5, 5.41) is 9.39. The largest absolute Gasteiger partial charge is 0.386 e. The predicted molar refractivity (Wildman–Crippen MR) is 44.9 cm³/mol. The van der Waals surface area contributed by atoms with Crippen molar-refractivity contribution in [3.63, 3.8) is 0 Å². The highest BCUT2D eigenvalue weighted by Gasteiger charge is 2.16. The van der Waals surface area contributed by atoms with Crippen LogP contribution in [0.25, 0.3) is 0 Å². The summed E-state index contributed by atoms with van der Waals surface area (Å²) < 4.78 is 0. The molecule has 0 aromatic heterocycles. The van der Waals surface area contributed by atoms with Gasteiger partial charge in [-0.2, -0.15) is 0 Å². The van der Waals surface area contributed by atoms with Gasteiger partial charge in [0.25, 0.3) is 0 Å². The first-order chi connectivity index (χ1) is 4.34. The predicted octanol–water partition coefficient (Wildman–Crippen LogP) is 2.28. The van der Waals surface area contributed by atoms with Crippen LogP contribution in [0.4, 0.5) is 0 Å². The molecule has 0 heterocycles. The summed E-state index contributed by atoms with van der Waals surface area (Å²) in [6, 6.07) is 0. The fourth-order valence-electron chi connectivity index (χ4n) is 0.581. The average molecular weight is 140 g/mol. The monoisotopic (exact) mass is 140 g/mol. The van der Waals surface area contributed by atoms with E-state index in [1.807, 2.05) is 6.92 Å². The molecule has 0 atom stereocenters. The second-order valence-electron chi connectivity index (χ2n) is 3.30. The van der Waals surface area contributed by atoms with E-state index in [0.29, 0.717) is 6.42 Å². The molecule has 1 heteroatoms. The number of rotatable bonds is 3. The van der Waals surface area contributed by atoms with Gasteiger partial charge in [-0.05, 0) is 32.8 Å². The maximum atomic E-state index is 9.39. The number of allylic oxidation sites excluding steroid dienone is 1. The van der Waals surface area contributed by atoms with Crippen molar-refractivity contribution in [3.8, 4) is 0 Å². The second-order valence-corrected chi connectivity index (χ2v) is 3.30. The zero-order valence-electron chi connectivity index (χ0n) is 7.07. The van der Waals surface area contributed by atoms with Crippen LogP contribution < -0.4 is 0 Å². The van der Waals surface area contributed by atoms with Gasteiger partial charge in [0.1, 0.15) is 0 Å². The third-order valence-corrected chi connectivity index (χ3v) is 1.38. The third-order valence-electron chi connectivity index (χ3n) is 1.38. The van der Waals surface area contributed by atoms with Crippen LogP contribution in [0.15, 0.2) is 24.3 Å². The highest BCUT2D eigenvalue weighted by molar-refractivity contribution is 5.15. The first-order valence-corrected chi connectivity index (χ1v) is 3.39. The highest BCUT2D eigenvalue weighted by atomic mass is 16.3. The molecule has 1 N–H and O–H groups in total. The van der Waals surface area contributed by atoms with Crippen molar-refractivity contribution in [2.45, 2.75) is 32.8 Å². The van der Waals surface area contributed by atoms with Gasteiger partial charge in [0, 0.05) is 0 Å². The van der Waals surface area contributed by atoms with Gasteiger partial charge in [0.05, 0.1) is 5.60 Å². The summed E-state index contributed by atoms with van der Waals surface area (Å²) in [7, 11) is 0. The summed E-state index contributed by atoms with van der Waals surface area (Å²) in [6.07, 6.45) is 0.712. The molecule has 0 saturated carbocycles. The molecule has 0 radical (unpaired) electrons. The van der Waals surface area contributed by atoms with Gasteiger partial charge in [-0.15, -0.1) is 0 Å². The molecule has 0 aliphatic heterocycles. The van der Waals surface area contributed by atoms with E-state index < -0.39 is 5.60 Å². The molecule has 1 nitrogen and oxygen atoms in total. The topological polar surface area (TPSA) is 20.2 Å². The van der Waals surface area contributed by atoms with Crippen molar-refractivity contribution in [2.24, 2.45) is 0 Å². The maximum absolute atomic E-state index is 9.39. The van der Waals surface area contributed by atoms with Crippen molar-refractivity contribution in [1.82, 2.24) is 0 Å². The van der Waals surface area contributed by atoms with E-state index in [9.17, 15) is 5.11 Å². The third kappa shape index (κ3) is 3.46. The van der Waals surface area contributed by atoms with Gasteiger partial charge in [-0.25, -0.2) is 0 Å². The average Bonchev–Trinajstić information content (AvgIpc) is 1.60. The standard InChI is InChI=1S/C9H16O/c1-7(2)6-8(3)9(4,5)10/h10H,1,3,6H2,2,4-5H3. The molecule has 10 heavy (non-hydrogen) atoms. The van der Waals surface area contributed by atoms with E-state index in [1.54, 1.807) is 13.8 Å². The lowest BCUT2D eigenvalue weighted by molar-refractivity contribution is 0.118. The van der Waals surface area contributed by atoms with E-state index in [2.05, 4.69) is 13.2 Å². The van der Waals surface area contributed by atoms with Crippen LogP contribution in [-0.4, -0.2) is 10.7 Å². The van der Waals surface area contributed by atoms with E-state index in [-0.39, 0.29) is 0 Å². The number of hydrogen-bond acceptors (Lipinski definition) is 1. The Kier molecular flexibility index (Phi) is 2.85. The van der Waals surface area contributed by atoms with Crippen LogP contribution in [0.3, 0.4) is 0 Å². The van der Waals surface area contributed by atoms with Crippen LogP contribution in [0, 0.1) is 0 Å². The molecule has 0 unspecified atom stereocenters. The Hall–Kier alpha value is -0.560. The van der Waals surface area contributed by atoms with E-state index in [4.69, 9.17) is 0 Å². The Bertz CT molecular complexity index is 149. The van der Waals surface area contributed by atoms with Crippen molar-refractivity contribution in [2.75, 3.05) is 0 Å². The summed E-state index contributed by atoms with van der Waals surface area (Å²) in [6.45, 7) is 12.9. The lowest BCUT2D eigenvalue weighted by Gasteiger charge is -2.20. The van der Waals surface area contributed by atoms with Gasteiger partial charge in [0.2, 0.25) is 0 Å². The van der Waals surface area contributed by atoms with Crippen LogP contribution in [0.1, 0.15) is 27.2 Å². The van der Waals surface area contributed by atoms with Crippen LogP contribution in [0.2, 0.25) is 0 Å². The summed E-state index contributed by atoms with van der Waals surface area (Å²) >= 11 is 0. The highest BCUT2D eigenvalue weighted by Crippen LogP contribution is 2.19. The molecule has 0 aliphatic carbocycles. The molecular formula is C9H16O.